The number of para-hydroxylation sites is 1. The molecule has 0 aliphatic heterocycles. The van der Waals surface area contributed by atoms with E-state index in [1.165, 1.54) is 7.11 Å². The molecule has 0 heterocycles. The molecule has 0 radical (unpaired) electrons. The lowest BCUT2D eigenvalue weighted by atomic mass is 10.2. The Morgan fingerprint density at radius 1 is 0.926 bits per heavy atom. The summed E-state index contributed by atoms with van der Waals surface area (Å²) in [5.74, 6) is -0.725. The number of carbonyl (C=O) groups is 3. The first-order valence-electron chi connectivity index (χ1n) is 8.07. The molecule has 0 atom stereocenters. The topological polar surface area (TPSA) is 103 Å². The van der Waals surface area contributed by atoms with Crippen LogP contribution >= 0.6 is 0 Å². The summed E-state index contributed by atoms with van der Waals surface area (Å²) in [7, 11) is 1.52. The van der Waals surface area contributed by atoms with Gasteiger partial charge in [-0.1, -0.05) is 18.2 Å². The van der Waals surface area contributed by atoms with Gasteiger partial charge in [-0.2, -0.15) is 0 Å². The summed E-state index contributed by atoms with van der Waals surface area (Å²) in [5.41, 5.74) is 5.60. The molecule has 0 aliphatic carbocycles. The van der Waals surface area contributed by atoms with Gasteiger partial charge in [0.05, 0.1) is 7.11 Å². The lowest BCUT2D eigenvalue weighted by Gasteiger charge is -2.10. The number of hydrazine groups is 1. The molecular formula is C19H20N2O6. The predicted molar refractivity (Wildman–Crippen MR) is 96.2 cm³/mol. The molecule has 27 heavy (non-hydrogen) atoms. The maximum Gasteiger partial charge on any atom is 0.344 e. The minimum absolute atomic E-state index is 0.323. The highest BCUT2D eigenvalue weighted by Gasteiger charge is 2.11. The van der Waals surface area contributed by atoms with Gasteiger partial charge in [-0.15, -0.1) is 0 Å². The van der Waals surface area contributed by atoms with Crippen LogP contribution in [0.1, 0.15) is 15.9 Å². The van der Waals surface area contributed by atoms with Crippen molar-refractivity contribution in [1.29, 1.82) is 0 Å². The molecule has 2 amide bonds. The zero-order valence-corrected chi connectivity index (χ0v) is 15.0. The molecule has 0 spiro atoms. The van der Waals surface area contributed by atoms with E-state index in [0.29, 0.717) is 17.1 Å². The Balaban J connectivity index is 1.68. The second-order valence-corrected chi connectivity index (χ2v) is 5.45. The molecule has 0 aliphatic rings. The van der Waals surface area contributed by atoms with Crippen molar-refractivity contribution in [3.8, 4) is 11.5 Å². The molecular weight excluding hydrogens is 352 g/mol. The Bertz CT molecular complexity index is 804. The molecule has 0 fully saturated rings. The maximum absolute atomic E-state index is 11.9. The van der Waals surface area contributed by atoms with Crippen LogP contribution in [0.2, 0.25) is 0 Å². The van der Waals surface area contributed by atoms with Crippen LogP contribution < -0.4 is 20.3 Å². The van der Waals surface area contributed by atoms with Gasteiger partial charge in [0, 0.05) is 5.56 Å². The molecule has 8 heteroatoms. The maximum atomic E-state index is 11.9. The second kappa shape index (κ2) is 9.81. The number of nitrogens with one attached hydrogen (secondary N) is 2. The van der Waals surface area contributed by atoms with E-state index in [0.717, 1.165) is 5.56 Å². The number of hydrogen-bond donors (Lipinski definition) is 2. The van der Waals surface area contributed by atoms with Crippen molar-refractivity contribution in [3.63, 3.8) is 0 Å². The molecule has 2 rings (SSSR count). The third kappa shape index (κ3) is 6.35. The van der Waals surface area contributed by atoms with Crippen molar-refractivity contribution >= 4 is 17.8 Å². The van der Waals surface area contributed by atoms with Gasteiger partial charge in [-0.25, -0.2) is 4.79 Å². The van der Waals surface area contributed by atoms with Crippen molar-refractivity contribution in [3.05, 3.63) is 59.7 Å². The lowest BCUT2D eigenvalue weighted by Crippen LogP contribution is -2.43. The third-order valence-corrected chi connectivity index (χ3v) is 3.47. The van der Waals surface area contributed by atoms with Crippen LogP contribution in [0.3, 0.4) is 0 Å². The third-order valence-electron chi connectivity index (χ3n) is 3.47. The van der Waals surface area contributed by atoms with Gasteiger partial charge >= 0.3 is 5.97 Å². The highest BCUT2D eigenvalue weighted by atomic mass is 16.6. The molecule has 2 aromatic rings. The number of benzene rings is 2. The number of carbonyl (C=O) groups excluding carboxylic acids is 3. The van der Waals surface area contributed by atoms with Gasteiger partial charge in [0.2, 0.25) is 0 Å². The highest BCUT2D eigenvalue weighted by Crippen LogP contribution is 2.15. The fourth-order valence-corrected chi connectivity index (χ4v) is 2.02. The number of aryl methyl sites for hydroxylation is 1. The van der Waals surface area contributed by atoms with Crippen LogP contribution in [0.4, 0.5) is 0 Å². The van der Waals surface area contributed by atoms with Gasteiger partial charge in [-0.05, 0) is 42.8 Å². The highest BCUT2D eigenvalue weighted by molar-refractivity contribution is 5.95. The van der Waals surface area contributed by atoms with E-state index < -0.39 is 24.4 Å². The minimum Gasteiger partial charge on any atom is -0.497 e. The quantitative estimate of drug-likeness (QED) is 0.562. The van der Waals surface area contributed by atoms with E-state index in [9.17, 15) is 14.4 Å². The number of methoxy groups -OCH3 is 1. The summed E-state index contributed by atoms with van der Waals surface area (Å²) in [4.78, 5) is 35.2. The Morgan fingerprint density at radius 3 is 2.30 bits per heavy atom. The molecule has 8 nitrogen and oxygen atoms in total. The summed E-state index contributed by atoms with van der Waals surface area (Å²) in [6.45, 7) is 0.981. The first-order chi connectivity index (χ1) is 13.0. The summed E-state index contributed by atoms with van der Waals surface area (Å²) in [5, 5.41) is 0. The number of esters is 1. The van der Waals surface area contributed by atoms with Crippen LogP contribution in [-0.2, 0) is 14.3 Å². The van der Waals surface area contributed by atoms with Crippen LogP contribution in [0.5, 0.6) is 11.5 Å². The molecule has 2 aromatic carbocycles. The monoisotopic (exact) mass is 372 g/mol. The number of rotatable bonds is 7. The minimum atomic E-state index is -0.699. The van der Waals surface area contributed by atoms with Gasteiger partial charge in [0.1, 0.15) is 11.5 Å². The number of ether oxygens (including phenoxy) is 3. The second-order valence-electron chi connectivity index (χ2n) is 5.45. The van der Waals surface area contributed by atoms with Gasteiger partial charge in [-0.3, -0.25) is 20.4 Å². The summed E-state index contributed by atoms with van der Waals surface area (Å²) in [6.07, 6.45) is 0. The molecule has 0 unspecified atom stereocenters. The van der Waals surface area contributed by atoms with Gasteiger partial charge in [0.25, 0.3) is 11.8 Å². The number of amides is 2. The van der Waals surface area contributed by atoms with Crippen molar-refractivity contribution in [1.82, 2.24) is 10.9 Å². The van der Waals surface area contributed by atoms with Crippen molar-refractivity contribution in [2.75, 3.05) is 20.3 Å². The first kappa shape index (κ1) is 19.8. The average molecular weight is 372 g/mol. The summed E-state index contributed by atoms with van der Waals surface area (Å²) in [6, 6.07) is 13.5. The lowest BCUT2D eigenvalue weighted by molar-refractivity contribution is -0.150. The van der Waals surface area contributed by atoms with E-state index in [2.05, 4.69) is 10.9 Å². The predicted octanol–water partition coefficient (Wildman–Crippen LogP) is 1.39. The van der Waals surface area contributed by atoms with E-state index in [4.69, 9.17) is 14.2 Å². The largest absolute Gasteiger partial charge is 0.497 e. The zero-order valence-electron chi connectivity index (χ0n) is 15.0. The Kier molecular flexibility index (Phi) is 7.18. The molecule has 0 saturated carbocycles. The molecule has 0 aromatic heterocycles. The van der Waals surface area contributed by atoms with Gasteiger partial charge in [0.15, 0.2) is 13.2 Å². The fraction of sp³-hybridized carbons (Fsp3) is 0.211. The Morgan fingerprint density at radius 2 is 1.63 bits per heavy atom. The van der Waals surface area contributed by atoms with E-state index in [1.807, 2.05) is 19.1 Å². The van der Waals surface area contributed by atoms with Crippen molar-refractivity contribution in [2.45, 2.75) is 6.92 Å². The normalized spacial score (nSPS) is 9.85. The molecule has 0 saturated heterocycles. The zero-order chi connectivity index (χ0) is 19.6. The van der Waals surface area contributed by atoms with Crippen LogP contribution in [0.25, 0.3) is 0 Å². The molecule has 2 N–H and O–H groups in total. The molecule has 142 valence electrons. The van der Waals surface area contributed by atoms with Crippen LogP contribution in [0.15, 0.2) is 48.5 Å². The first-order valence-corrected chi connectivity index (χ1v) is 8.07. The van der Waals surface area contributed by atoms with E-state index in [1.54, 1.807) is 36.4 Å². The van der Waals surface area contributed by atoms with E-state index in [-0.39, 0.29) is 6.61 Å². The summed E-state index contributed by atoms with van der Waals surface area (Å²) >= 11 is 0. The smallest absolute Gasteiger partial charge is 0.344 e. The Labute approximate surface area is 156 Å². The van der Waals surface area contributed by atoms with Crippen LogP contribution in [-0.4, -0.2) is 38.1 Å². The summed E-state index contributed by atoms with van der Waals surface area (Å²) < 4.78 is 15.1. The SMILES string of the molecule is COc1ccc(C(=O)NNC(=O)COC(=O)COc2ccccc2C)cc1. The fourth-order valence-electron chi connectivity index (χ4n) is 2.02. The number of hydrogen-bond acceptors (Lipinski definition) is 6. The van der Waals surface area contributed by atoms with Crippen molar-refractivity contribution in [2.24, 2.45) is 0 Å². The standard InChI is InChI=1S/C19H20N2O6/c1-13-5-3-4-6-16(13)26-12-18(23)27-11-17(22)20-21-19(24)14-7-9-15(25-2)10-8-14/h3-10H,11-12H2,1-2H3,(H,20,22)(H,21,24). The van der Waals surface area contributed by atoms with Crippen molar-refractivity contribution < 1.29 is 28.6 Å². The van der Waals surface area contributed by atoms with E-state index >= 15 is 0 Å². The molecule has 0 bridgehead atoms. The van der Waals surface area contributed by atoms with Gasteiger partial charge < -0.3 is 14.2 Å². The average Bonchev–Trinajstić information content (AvgIpc) is 2.69. The Hall–Kier alpha value is -3.55. The van der Waals surface area contributed by atoms with Crippen LogP contribution in [0, 0.1) is 6.92 Å².